The molecule has 116 valence electrons. The zero-order chi connectivity index (χ0) is 16.1. The van der Waals surface area contributed by atoms with Crippen LogP contribution in [-0.2, 0) is 6.54 Å². The predicted octanol–water partition coefficient (Wildman–Crippen LogP) is 3.81. The molecule has 0 bridgehead atoms. The molecule has 0 aromatic carbocycles. The second-order valence-electron chi connectivity index (χ2n) is 5.34. The fourth-order valence-corrected chi connectivity index (χ4v) is 2.63. The first-order valence-electron chi connectivity index (χ1n) is 7.85. The standard InChI is InChI=1S/C19H19N3O/c1-2-3-4-5-12-22-18-15(8-7-11-21-18)13-17(19(22)23)16-9-6-10-20-14-16/h3-4,6-11,13-14H,2,5,12H2,1H3. The van der Waals surface area contributed by atoms with Crippen LogP contribution in [0.2, 0.25) is 0 Å². The van der Waals surface area contributed by atoms with Crippen molar-refractivity contribution in [3.8, 4) is 11.1 Å². The summed E-state index contributed by atoms with van der Waals surface area (Å²) in [7, 11) is 0. The number of allylic oxidation sites excluding steroid dienone is 2. The molecule has 3 aromatic heterocycles. The SMILES string of the molecule is CCC=CCCn1c(=O)c(-c2cccnc2)cc2cccnc21. The number of rotatable bonds is 5. The molecule has 0 amide bonds. The third-order valence-corrected chi connectivity index (χ3v) is 3.74. The lowest BCUT2D eigenvalue weighted by atomic mass is 10.1. The summed E-state index contributed by atoms with van der Waals surface area (Å²) in [5.41, 5.74) is 2.21. The third-order valence-electron chi connectivity index (χ3n) is 3.74. The van der Waals surface area contributed by atoms with E-state index in [-0.39, 0.29) is 5.56 Å². The van der Waals surface area contributed by atoms with E-state index in [1.54, 1.807) is 23.2 Å². The Kier molecular flexibility index (Phi) is 4.62. The average Bonchev–Trinajstić information content (AvgIpc) is 2.60. The largest absolute Gasteiger partial charge is 0.292 e. The maximum Gasteiger partial charge on any atom is 0.260 e. The van der Waals surface area contributed by atoms with Gasteiger partial charge in [0.1, 0.15) is 5.65 Å². The Bertz CT molecular complexity index is 882. The molecule has 0 saturated heterocycles. The Morgan fingerprint density at radius 2 is 2.04 bits per heavy atom. The summed E-state index contributed by atoms with van der Waals surface area (Å²) < 4.78 is 1.76. The van der Waals surface area contributed by atoms with Crippen molar-refractivity contribution in [3.05, 3.63) is 71.4 Å². The summed E-state index contributed by atoms with van der Waals surface area (Å²) in [6.45, 7) is 2.72. The summed E-state index contributed by atoms with van der Waals surface area (Å²) in [6.07, 6.45) is 11.2. The summed E-state index contributed by atoms with van der Waals surface area (Å²) >= 11 is 0. The predicted molar refractivity (Wildman–Crippen MR) is 93.3 cm³/mol. The van der Waals surface area contributed by atoms with E-state index in [2.05, 4.69) is 29.0 Å². The molecule has 0 unspecified atom stereocenters. The van der Waals surface area contributed by atoms with Gasteiger partial charge in [0, 0.05) is 41.6 Å². The molecule has 4 nitrogen and oxygen atoms in total. The van der Waals surface area contributed by atoms with Crippen molar-refractivity contribution >= 4 is 11.0 Å². The van der Waals surface area contributed by atoms with Crippen LogP contribution in [-0.4, -0.2) is 14.5 Å². The van der Waals surface area contributed by atoms with Crippen LogP contribution in [0.15, 0.2) is 65.9 Å². The second-order valence-corrected chi connectivity index (χ2v) is 5.34. The molecule has 0 aliphatic rings. The van der Waals surface area contributed by atoms with Crippen molar-refractivity contribution in [2.45, 2.75) is 26.3 Å². The van der Waals surface area contributed by atoms with E-state index in [1.807, 2.05) is 30.3 Å². The maximum absolute atomic E-state index is 12.9. The van der Waals surface area contributed by atoms with Crippen LogP contribution in [0.5, 0.6) is 0 Å². The highest BCUT2D eigenvalue weighted by molar-refractivity contribution is 5.81. The zero-order valence-electron chi connectivity index (χ0n) is 13.1. The average molecular weight is 305 g/mol. The molecule has 3 aromatic rings. The van der Waals surface area contributed by atoms with Gasteiger partial charge in [-0.25, -0.2) is 4.98 Å². The molecule has 0 aliphatic heterocycles. The number of aromatic nitrogens is 3. The monoisotopic (exact) mass is 305 g/mol. The molecule has 0 fully saturated rings. The first-order chi connectivity index (χ1) is 11.3. The van der Waals surface area contributed by atoms with Crippen LogP contribution in [0.4, 0.5) is 0 Å². The van der Waals surface area contributed by atoms with Crippen molar-refractivity contribution in [1.29, 1.82) is 0 Å². The number of hydrogen-bond acceptors (Lipinski definition) is 3. The van der Waals surface area contributed by atoms with Gasteiger partial charge in [0.2, 0.25) is 0 Å². The van der Waals surface area contributed by atoms with Crippen LogP contribution in [0.25, 0.3) is 22.2 Å². The van der Waals surface area contributed by atoms with Gasteiger partial charge in [0.15, 0.2) is 0 Å². The Hall–Kier alpha value is -2.75. The number of aryl methyl sites for hydroxylation is 1. The van der Waals surface area contributed by atoms with Crippen molar-refractivity contribution in [2.75, 3.05) is 0 Å². The van der Waals surface area contributed by atoms with Crippen LogP contribution in [0, 0.1) is 0 Å². The first-order valence-corrected chi connectivity index (χ1v) is 7.85. The summed E-state index contributed by atoms with van der Waals surface area (Å²) in [5, 5.41) is 0.963. The molecule has 0 atom stereocenters. The molecule has 3 rings (SSSR count). The Labute approximate surface area is 135 Å². The molecule has 0 radical (unpaired) electrons. The topological polar surface area (TPSA) is 47.8 Å². The second kappa shape index (κ2) is 7.01. The van der Waals surface area contributed by atoms with E-state index in [9.17, 15) is 4.79 Å². The van der Waals surface area contributed by atoms with Crippen LogP contribution >= 0.6 is 0 Å². The lowest BCUT2D eigenvalue weighted by Gasteiger charge is -2.11. The van der Waals surface area contributed by atoms with Gasteiger partial charge in [-0.15, -0.1) is 0 Å². The van der Waals surface area contributed by atoms with E-state index < -0.39 is 0 Å². The lowest BCUT2D eigenvalue weighted by molar-refractivity contribution is 0.701. The highest BCUT2D eigenvalue weighted by atomic mass is 16.1. The molecular formula is C19H19N3O. The Morgan fingerprint density at radius 3 is 2.83 bits per heavy atom. The van der Waals surface area contributed by atoms with Crippen molar-refractivity contribution in [1.82, 2.24) is 14.5 Å². The van der Waals surface area contributed by atoms with E-state index >= 15 is 0 Å². The highest BCUT2D eigenvalue weighted by Gasteiger charge is 2.11. The van der Waals surface area contributed by atoms with Crippen LogP contribution in [0.1, 0.15) is 19.8 Å². The molecule has 23 heavy (non-hydrogen) atoms. The van der Waals surface area contributed by atoms with Gasteiger partial charge in [0.25, 0.3) is 5.56 Å². The fourth-order valence-electron chi connectivity index (χ4n) is 2.63. The Balaban J connectivity index is 2.14. The van der Waals surface area contributed by atoms with Gasteiger partial charge in [0.05, 0.1) is 0 Å². The van der Waals surface area contributed by atoms with E-state index in [1.165, 1.54) is 0 Å². The Morgan fingerprint density at radius 1 is 1.17 bits per heavy atom. The quantitative estimate of drug-likeness (QED) is 0.673. The van der Waals surface area contributed by atoms with Crippen molar-refractivity contribution in [2.24, 2.45) is 0 Å². The zero-order valence-corrected chi connectivity index (χ0v) is 13.1. The minimum atomic E-state index is -0.0194. The molecule has 0 N–H and O–H groups in total. The number of hydrogen-bond donors (Lipinski definition) is 0. The van der Waals surface area contributed by atoms with Crippen molar-refractivity contribution in [3.63, 3.8) is 0 Å². The van der Waals surface area contributed by atoms with Gasteiger partial charge >= 0.3 is 0 Å². The van der Waals surface area contributed by atoms with Gasteiger partial charge in [-0.3, -0.25) is 14.3 Å². The first kappa shape index (κ1) is 15.2. The van der Waals surface area contributed by atoms with E-state index in [4.69, 9.17) is 0 Å². The summed E-state index contributed by atoms with van der Waals surface area (Å²) in [4.78, 5) is 21.4. The minimum absolute atomic E-state index is 0.0194. The van der Waals surface area contributed by atoms with E-state index in [0.717, 1.165) is 29.4 Å². The van der Waals surface area contributed by atoms with Gasteiger partial charge < -0.3 is 0 Å². The number of pyridine rings is 3. The van der Waals surface area contributed by atoms with Gasteiger partial charge in [-0.2, -0.15) is 0 Å². The maximum atomic E-state index is 12.9. The minimum Gasteiger partial charge on any atom is -0.292 e. The summed E-state index contributed by atoms with van der Waals surface area (Å²) in [6, 6.07) is 9.53. The van der Waals surface area contributed by atoms with Gasteiger partial charge in [-0.1, -0.05) is 25.1 Å². The molecule has 0 aliphatic carbocycles. The lowest BCUT2D eigenvalue weighted by Crippen LogP contribution is -2.22. The molecule has 3 heterocycles. The van der Waals surface area contributed by atoms with E-state index in [0.29, 0.717) is 12.1 Å². The summed E-state index contributed by atoms with van der Waals surface area (Å²) in [5.74, 6) is 0. The smallest absolute Gasteiger partial charge is 0.260 e. The molecule has 0 saturated carbocycles. The van der Waals surface area contributed by atoms with Crippen LogP contribution < -0.4 is 5.56 Å². The third kappa shape index (κ3) is 3.21. The number of nitrogens with zero attached hydrogens (tertiary/aromatic N) is 3. The normalized spacial score (nSPS) is 11.3. The van der Waals surface area contributed by atoms with Crippen LogP contribution in [0.3, 0.4) is 0 Å². The molecule has 4 heteroatoms. The molecular weight excluding hydrogens is 286 g/mol. The number of fused-ring (bicyclic) bond motifs is 1. The fraction of sp³-hybridized carbons (Fsp3) is 0.211. The highest BCUT2D eigenvalue weighted by Crippen LogP contribution is 2.19. The molecule has 0 spiro atoms. The van der Waals surface area contributed by atoms with Crippen molar-refractivity contribution < 1.29 is 0 Å². The van der Waals surface area contributed by atoms with Gasteiger partial charge in [-0.05, 0) is 37.1 Å².